The van der Waals surface area contributed by atoms with Crippen LogP contribution in [-0.2, 0) is 14.2 Å². The Bertz CT molecular complexity index is 3350. The predicted molar refractivity (Wildman–Crippen MR) is 230 cm³/mol. The summed E-state index contributed by atoms with van der Waals surface area (Å²) in [4.78, 5) is 17.2. The maximum absolute atomic E-state index is 9.79. The molecule has 4 aromatic heterocycles. The molecule has 9 aromatic rings. The molecule has 3 saturated heterocycles. The maximum Gasteiger partial charge on any atom is 0.205 e. The minimum atomic E-state index is -0.0547. The fourth-order valence-corrected chi connectivity index (χ4v) is 8.65. The SMILES string of the molecule is [C-]#[N+]c1ccc(-c2ccc3c(c2)c2ncc(C4CO4)cc2n3-c2cc(C3CO3)cc(-n3c4ccc(-c5ccc(C#N)c([N+]#[C-])c5)cc4c4ncc(C5CO5)cc43)c2)cc1C#N. The molecule has 11 heteroatoms. The third kappa shape index (κ3) is 5.66. The molecule has 11 nitrogen and oxygen atoms in total. The number of aromatic nitrogens is 4. The van der Waals surface area contributed by atoms with Gasteiger partial charge in [0.1, 0.15) is 18.3 Å². The van der Waals surface area contributed by atoms with Crippen LogP contribution >= 0.6 is 0 Å². The summed E-state index contributed by atoms with van der Waals surface area (Å²) < 4.78 is 21.9. The van der Waals surface area contributed by atoms with Crippen LogP contribution in [0.1, 0.15) is 46.1 Å². The zero-order chi connectivity index (χ0) is 40.9. The van der Waals surface area contributed by atoms with E-state index in [1.807, 2.05) is 24.5 Å². The van der Waals surface area contributed by atoms with Crippen LogP contribution in [-0.4, -0.2) is 38.9 Å². The van der Waals surface area contributed by atoms with Gasteiger partial charge in [-0.2, -0.15) is 10.5 Å². The molecule has 3 atom stereocenters. The number of rotatable bonds is 7. The summed E-state index contributed by atoms with van der Waals surface area (Å²) in [5.74, 6) is 0. The summed E-state index contributed by atoms with van der Waals surface area (Å²) in [5.41, 5.74) is 15.2. The van der Waals surface area contributed by atoms with Crippen LogP contribution < -0.4 is 0 Å². The maximum atomic E-state index is 9.79. The summed E-state index contributed by atoms with van der Waals surface area (Å²) in [6, 6.07) is 38.5. The Morgan fingerprint density at radius 3 is 1.49 bits per heavy atom. The van der Waals surface area contributed by atoms with Crippen molar-refractivity contribution >= 4 is 55.2 Å². The van der Waals surface area contributed by atoms with Crippen LogP contribution in [0, 0.1) is 35.8 Å². The van der Waals surface area contributed by atoms with Crippen molar-refractivity contribution < 1.29 is 14.2 Å². The number of hydrogen-bond donors (Lipinski definition) is 0. The van der Waals surface area contributed by atoms with Crippen molar-refractivity contribution in [3.8, 4) is 45.8 Å². The van der Waals surface area contributed by atoms with E-state index in [1.54, 1.807) is 24.3 Å². The molecule has 0 N–H and O–H groups in total. The lowest BCUT2D eigenvalue weighted by molar-refractivity contribution is 0.415. The summed E-state index contributed by atoms with van der Waals surface area (Å²) in [5, 5.41) is 21.3. The predicted octanol–water partition coefficient (Wildman–Crippen LogP) is 11.1. The average molecular weight is 789 g/mol. The zero-order valence-corrected chi connectivity index (χ0v) is 32.1. The number of fused-ring (bicyclic) bond motifs is 6. The third-order valence-electron chi connectivity index (χ3n) is 11.9. The normalized spacial score (nSPS) is 17.5. The number of benzene rings is 5. The first-order valence-corrected chi connectivity index (χ1v) is 19.7. The van der Waals surface area contributed by atoms with Crippen molar-refractivity contribution in [1.29, 1.82) is 10.5 Å². The standard InChI is InChI=1S/C50H28N8O3/c1-53-40-8-5-27(11-33(40)21-52)28-6-9-42-38(14-28)49-44(17-34(22-55-49)47-25-60-47)57(42)36-12-32(46-24-59-46)13-37(19-36)58-43-10-7-29(30-3-4-31(20-51)41(16-30)54-2)15-39(43)50-45(58)18-35(23-56-50)48-26-61-48/h3-19,22-23,46-48H,24-26H2. The quantitative estimate of drug-likeness (QED) is 0.116. The smallest absolute Gasteiger partial charge is 0.205 e. The highest BCUT2D eigenvalue weighted by Gasteiger charge is 2.30. The highest BCUT2D eigenvalue weighted by molar-refractivity contribution is 6.10. The van der Waals surface area contributed by atoms with Gasteiger partial charge in [0.25, 0.3) is 0 Å². The lowest BCUT2D eigenvalue weighted by Crippen LogP contribution is -2.02. The highest BCUT2D eigenvalue weighted by Crippen LogP contribution is 2.43. The van der Waals surface area contributed by atoms with Gasteiger partial charge in [-0.3, -0.25) is 9.97 Å². The van der Waals surface area contributed by atoms with Crippen molar-refractivity contribution in [2.75, 3.05) is 19.8 Å². The topological polar surface area (TPSA) is 130 Å². The first-order valence-electron chi connectivity index (χ1n) is 19.7. The van der Waals surface area contributed by atoms with E-state index in [1.165, 1.54) is 0 Å². The Morgan fingerprint density at radius 1 is 0.508 bits per heavy atom. The van der Waals surface area contributed by atoms with E-state index in [0.717, 1.165) is 94.2 Å². The van der Waals surface area contributed by atoms with Crippen LogP contribution in [0.2, 0.25) is 0 Å². The van der Waals surface area contributed by atoms with E-state index in [9.17, 15) is 10.5 Å². The Hall–Kier alpha value is -8.16. The molecule has 5 aromatic carbocycles. The van der Waals surface area contributed by atoms with Crippen molar-refractivity contribution in [2.45, 2.75) is 18.3 Å². The molecular formula is C50H28N8O3. The molecule has 3 unspecified atom stereocenters. The van der Waals surface area contributed by atoms with Gasteiger partial charge in [-0.1, -0.05) is 36.4 Å². The molecule has 0 radical (unpaired) electrons. The van der Waals surface area contributed by atoms with E-state index in [0.29, 0.717) is 42.3 Å². The van der Waals surface area contributed by atoms with Crippen LogP contribution in [0.3, 0.4) is 0 Å². The highest BCUT2D eigenvalue weighted by atomic mass is 16.6. The Morgan fingerprint density at radius 2 is 0.984 bits per heavy atom. The van der Waals surface area contributed by atoms with Gasteiger partial charge in [0.2, 0.25) is 11.4 Å². The monoisotopic (exact) mass is 788 g/mol. The van der Waals surface area contributed by atoms with Crippen LogP contribution in [0.5, 0.6) is 0 Å². The summed E-state index contributed by atoms with van der Waals surface area (Å²) in [6.07, 6.45) is 3.75. The molecule has 0 spiro atoms. The van der Waals surface area contributed by atoms with Gasteiger partial charge in [-0.15, -0.1) is 0 Å². The molecule has 3 fully saturated rings. The van der Waals surface area contributed by atoms with Gasteiger partial charge < -0.3 is 23.3 Å². The lowest BCUT2D eigenvalue weighted by atomic mass is 10.0. The number of epoxide rings is 3. The van der Waals surface area contributed by atoms with E-state index in [2.05, 4.69) is 97.7 Å². The van der Waals surface area contributed by atoms with Crippen LogP contribution in [0.25, 0.3) is 87.2 Å². The number of nitrogens with zero attached hydrogens (tertiary/aromatic N) is 8. The molecule has 0 bridgehead atoms. The number of pyridine rings is 2. The van der Waals surface area contributed by atoms with Crippen LogP contribution in [0.15, 0.2) is 116 Å². The molecule has 3 aliphatic rings. The van der Waals surface area contributed by atoms with Crippen LogP contribution in [0.4, 0.5) is 11.4 Å². The summed E-state index contributed by atoms with van der Waals surface area (Å²) in [7, 11) is 0. The van der Waals surface area contributed by atoms with Gasteiger partial charge in [-0.25, -0.2) is 9.69 Å². The Balaban J connectivity index is 1.09. The molecule has 12 rings (SSSR count). The number of ether oxygens (including phenoxy) is 3. The molecule has 286 valence electrons. The molecule has 0 saturated carbocycles. The summed E-state index contributed by atoms with van der Waals surface area (Å²) in [6.45, 7) is 17.1. The third-order valence-corrected chi connectivity index (χ3v) is 11.9. The molecular weight excluding hydrogens is 761 g/mol. The van der Waals surface area contributed by atoms with Crippen molar-refractivity contribution in [3.63, 3.8) is 0 Å². The fourth-order valence-electron chi connectivity index (χ4n) is 8.65. The lowest BCUT2D eigenvalue weighted by Gasteiger charge is -2.15. The van der Waals surface area contributed by atoms with Crippen molar-refractivity contribution in [1.82, 2.24) is 19.1 Å². The molecule has 0 amide bonds. The first kappa shape index (κ1) is 34.8. The van der Waals surface area contributed by atoms with Gasteiger partial charge in [0.05, 0.1) is 89.3 Å². The fraction of sp³-hybridized carbons (Fsp3) is 0.120. The van der Waals surface area contributed by atoms with E-state index in [-0.39, 0.29) is 18.3 Å². The minimum absolute atomic E-state index is 0.00271. The van der Waals surface area contributed by atoms with Gasteiger partial charge >= 0.3 is 0 Å². The second-order valence-electron chi connectivity index (χ2n) is 15.6. The Labute approximate surface area is 348 Å². The van der Waals surface area contributed by atoms with E-state index >= 15 is 0 Å². The number of hydrogen-bond acceptors (Lipinski definition) is 7. The average Bonchev–Trinajstić information content (AvgIpc) is 4.17. The molecule has 61 heavy (non-hydrogen) atoms. The largest absolute Gasteiger partial charge is 0.368 e. The van der Waals surface area contributed by atoms with Gasteiger partial charge in [0, 0.05) is 45.7 Å². The summed E-state index contributed by atoms with van der Waals surface area (Å²) >= 11 is 0. The minimum Gasteiger partial charge on any atom is -0.368 e. The first-order chi connectivity index (χ1) is 30.0. The molecule has 7 heterocycles. The zero-order valence-electron chi connectivity index (χ0n) is 32.1. The second kappa shape index (κ2) is 13.2. The second-order valence-corrected chi connectivity index (χ2v) is 15.6. The van der Waals surface area contributed by atoms with E-state index < -0.39 is 0 Å². The van der Waals surface area contributed by atoms with E-state index in [4.69, 9.17) is 37.3 Å². The Kier molecular flexibility index (Phi) is 7.53. The van der Waals surface area contributed by atoms with Gasteiger partial charge in [-0.05, 0) is 94.5 Å². The number of nitriles is 2. The van der Waals surface area contributed by atoms with Crippen molar-refractivity contribution in [2.24, 2.45) is 0 Å². The molecule has 0 aliphatic carbocycles. The molecule has 3 aliphatic heterocycles. The van der Waals surface area contributed by atoms with Gasteiger partial charge in [0.15, 0.2) is 0 Å². The van der Waals surface area contributed by atoms with Crippen molar-refractivity contribution in [3.05, 3.63) is 166 Å².